The number of hydrogen-bond donors (Lipinski definition) is 0. The number of Topliss-reactive ketones (excluding diaryl/α,β-unsaturated/α-hetero) is 1. The third-order valence-corrected chi connectivity index (χ3v) is 5.03. The summed E-state index contributed by atoms with van der Waals surface area (Å²) >= 11 is 0. The van der Waals surface area contributed by atoms with Crippen molar-refractivity contribution in [3.05, 3.63) is 42.0 Å². The summed E-state index contributed by atoms with van der Waals surface area (Å²) in [5.41, 5.74) is 0.747. The minimum Gasteiger partial charge on any atom is -0.497 e. The maximum Gasteiger partial charge on any atom is 0.169 e. The zero-order valence-corrected chi connectivity index (χ0v) is 12.8. The molecule has 1 aliphatic rings. The smallest absolute Gasteiger partial charge is 0.169 e. The van der Waals surface area contributed by atoms with E-state index in [-0.39, 0.29) is 5.41 Å². The van der Waals surface area contributed by atoms with Crippen LogP contribution < -0.4 is 4.74 Å². The molecule has 2 nitrogen and oxygen atoms in total. The van der Waals surface area contributed by atoms with E-state index in [9.17, 15) is 4.79 Å². The highest BCUT2D eigenvalue weighted by molar-refractivity contribution is 6.03. The summed E-state index contributed by atoms with van der Waals surface area (Å²) in [6, 6.07) is 12.0. The number of ketones is 1. The summed E-state index contributed by atoms with van der Waals surface area (Å²) in [6.07, 6.45) is 5.41. The van der Waals surface area contributed by atoms with Crippen LogP contribution >= 0.6 is 0 Å². The Morgan fingerprint density at radius 1 is 1.10 bits per heavy atom. The predicted octanol–water partition coefficient (Wildman–Crippen LogP) is 5.00. The molecule has 1 aliphatic carbocycles. The summed E-state index contributed by atoms with van der Waals surface area (Å²) < 4.78 is 5.25. The number of ether oxygens (including phenoxy) is 1. The zero-order chi connectivity index (χ0) is 14.9. The predicted molar refractivity (Wildman–Crippen MR) is 86.0 cm³/mol. The Morgan fingerprint density at radius 2 is 1.76 bits per heavy atom. The standard InChI is InChI=1S/C19H22O2/c1-3-19(10-4-5-11-19)18(20)16-7-6-15-13-17(21-2)9-8-14(15)12-16/h6-9,12-13H,3-5,10-11H2,1-2H3. The first-order chi connectivity index (χ1) is 10.2. The molecule has 0 spiro atoms. The number of carbonyl (C=O) groups excluding carboxylic acids is 1. The highest BCUT2D eigenvalue weighted by Gasteiger charge is 2.39. The molecule has 1 saturated carbocycles. The first-order valence-electron chi connectivity index (χ1n) is 7.81. The largest absolute Gasteiger partial charge is 0.497 e. The van der Waals surface area contributed by atoms with Gasteiger partial charge in [-0.3, -0.25) is 4.79 Å². The number of hydrogen-bond acceptors (Lipinski definition) is 2. The average molecular weight is 282 g/mol. The minimum absolute atomic E-state index is 0.111. The highest BCUT2D eigenvalue weighted by atomic mass is 16.5. The van der Waals surface area contributed by atoms with E-state index in [0.29, 0.717) is 5.78 Å². The summed E-state index contributed by atoms with van der Waals surface area (Å²) in [5.74, 6) is 1.18. The second-order valence-electron chi connectivity index (χ2n) is 6.10. The van der Waals surface area contributed by atoms with Crippen molar-refractivity contribution in [3.8, 4) is 5.75 Å². The highest BCUT2D eigenvalue weighted by Crippen LogP contribution is 2.43. The van der Waals surface area contributed by atoms with Gasteiger partial charge in [-0.15, -0.1) is 0 Å². The molecule has 3 rings (SSSR count). The number of carbonyl (C=O) groups is 1. The van der Waals surface area contributed by atoms with Crippen LogP contribution in [0.25, 0.3) is 10.8 Å². The lowest BCUT2D eigenvalue weighted by Crippen LogP contribution is -2.27. The van der Waals surface area contributed by atoms with Gasteiger partial charge < -0.3 is 4.74 Å². The van der Waals surface area contributed by atoms with Crippen molar-refractivity contribution >= 4 is 16.6 Å². The van der Waals surface area contributed by atoms with Crippen LogP contribution in [-0.4, -0.2) is 12.9 Å². The Hall–Kier alpha value is -1.83. The van der Waals surface area contributed by atoms with Gasteiger partial charge in [-0.2, -0.15) is 0 Å². The summed E-state index contributed by atoms with van der Waals surface area (Å²) in [4.78, 5) is 12.9. The molecule has 0 bridgehead atoms. The SMILES string of the molecule is CCC1(C(=O)c2ccc3cc(OC)ccc3c2)CCCC1. The molecule has 1 fully saturated rings. The fourth-order valence-corrected chi connectivity index (χ4v) is 3.59. The first kappa shape index (κ1) is 14.1. The molecule has 110 valence electrons. The Labute approximate surface area is 126 Å². The van der Waals surface area contributed by atoms with Gasteiger partial charge in [-0.1, -0.05) is 38.0 Å². The fourth-order valence-electron chi connectivity index (χ4n) is 3.59. The van der Waals surface area contributed by atoms with Gasteiger partial charge in [0.1, 0.15) is 5.75 Å². The molecule has 0 saturated heterocycles. The van der Waals surface area contributed by atoms with E-state index in [1.54, 1.807) is 7.11 Å². The maximum absolute atomic E-state index is 12.9. The third kappa shape index (κ3) is 2.44. The molecule has 0 radical (unpaired) electrons. The molecule has 0 amide bonds. The number of fused-ring (bicyclic) bond motifs is 1. The van der Waals surface area contributed by atoms with E-state index in [2.05, 4.69) is 6.92 Å². The van der Waals surface area contributed by atoms with Crippen LogP contribution in [-0.2, 0) is 0 Å². The van der Waals surface area contributed by atoms with Gasteiger partial charge in [0.15, 0.2) is 5.78 Å². The topological polar surface area (TPSA) is 26.3 Å². The quantitative estimate of drug-likeness (QED) is 0.737. The second-order valence-corrected chi connectivity index (χ2v) is 6.10. The summed E-state index contributed by atoms with van der Waals surface area (Å²) in [7, 11) is 1.67. The molecule has 0 N–H and O–H groups in total. The molecule has 21 heavy (non-hydrogen) atoms. The van der Waals surface area contributed by atoms with Crippen LogP contribution in [0.1, 0.15) is 49.4 Å². The van der Waals surface area contributed by atoms with E-state index in [1.165, 1.54) is 12.8 Å². The van der Waals surface area contributed by atoms with Gasteiger partial charge in [0.05, 0.1) is 7.11 Å². The van der Waals surface area contributed by atoms with Crippen LogP contribution in [0.15, 0.2) is 36.4 Å². The number of benzene rings is 2. The zero-order valence-electron chi connectivity index (χ0n) is 12.8. The van der Waals surface area contributed by atoms with Gasteiger partial charge in [0.2, 0.25) is 0 Å². The molecule has 0 aliphatic heterocycles. The van der Waals surface area contributed by atoms with E-state index >= 15 is 0 Å². The molecule has 2 aromatic carbocycles. The second kappa shape index (κ2) is 5.51. The Bertz CT molecular complexity index is 666. The van der Waals surface area contributed by atoms with Gasteiger partial charge >= 0.3 is 0 Å². The lowest BCUT2D eigenvalue weighted by molar-refractivity contribution is 0.0791. The number of methoxy groups -OCH3 is 1. The van der Waals surface area contributed by atoms with Crippen molar-refractivity contribution in [2.75, 3.05) is 7.11 Å². The lowest BCUT2D eigenvalue weighted by atomic mass is 9.76. The van der Waals surface area contributed by atoms with E-state index in [1.807, 2.05) is 36.4 Å². The van der Waals surface area contributed by atoms with Gasteiger partial charge in [0.25, 0.3) is 0 Å². The molecular weight excluding hydrogens is 260 g/mol. The Morgan fingerprint density at radius 3 is 2.43 bits per heavy atom. The Kier molecular flexibility index (Phi) is 3.71. The number of rotatable bonds is 4. The summed E-state index contributed by atoms with van der Waals surface area (Å²) in [5, 5.41) is 2.22. The normalized spacial score (nSPS) is 17.0. The molecule has 0 unspecified atom stereocenters. The minimum atomic E-state index is -0.111. The van der Waals surface area contributed by atoms with Crippen LogP contribution in [0.4, 0.5) is 0 Å². The summed E-state index contributed by atoms with van der Waals surface area (Å²) in [6.45, 7) is 2.15. The average Bonchev–Trinajstić information content (AvgIpc) is 3.03. The van der Waals surface area contributed by atoms with Crippen molar-refractivity contribution in [2.24, 2.45) is 5.41 Å². The molecular formula is C19H22O2. The van der Waals surface area contributed by atoms with Gasteiger partial charge in [-0.05, 0) is 48.2 Å². The molecule has 2 heteroatoms. The van der Waals surface area contributed by atoms with Crippen molar-refractivity contribution in [3.63, 3.8) is 0 Å². The van der Waals surface area contributed by atoms with E-state index in [4.69, 9.17) is 4.74 Å². The molecule has 0 heterocycles. The molecule has 0 aromatic heterocycles. The van der Waals surface area contributed by atoms with E-state index in [0.717, 1.165) is 41.3 Å². The monoisotopic (exact) mass is 282 g/mol. The Balaban J connectivity index is 1.99. The van der Waals surface area contributed by atoms with E-state index < -0.39 is 0 Å². The molecule has 0 atom stereocenters. The maximum atomic E-state index is 12.9. The van der Waals surface area contributed by atoms with Crippen LogP contribution in [0, 0.1) is 5.41 Å². The van der Waals surface area contributed by atoms with Crippen LogP contribution in [0.5, 0.6) is 5.75 Å². The van der Waals surface area contributed by atoms with Crippen molar-refractivity contribution < 1.29 is 9.53 Å². The van der Waals surface area contributed by atoms with Gasteiger partial charge in [-0.25, -0.2) is 0 Å². The van der Waals surface area contributed by atoms with Crippen molar-refractivity contribution in [1.29, 1.82) is 0 Å². The van der Waals surface area contributed by atoms with Crippen molar-refractivity contribution in [2.45, 2.75) is 39.0 Å². The van der Waals surface area contributed by atoms with Crippen molar-refractivity contribution in [1.82, 2.24) is 0 Å². The van der Waals surface area contributed by atoms with Crippen LogP contribution in [0.3, 0.4) is 0 Å². The molecule has 2 aromatic rings. The fraction of sp³-hybridized carbons (Fsp3) is 0.421. The van der Waals surface area contributed by atoms with Gasteiger partial charge in [0, 0.05) is 11.0 Å². The first-order valence-corrected chi connectivity index (χ1v) is 7.81. The lowest BCUT2D eigenvalue weighted by Gasteiger charge is -2.25. The third-order valence-electron chi connectivity index (χ3n) is 5.03. The van der Waals surface area contributed by atoms with Crippen LogP contribution in [0.2, 0.25) is 0 Å².